The fourth-order valence-corrected chi connectivity index (χ4v) is 1.93. The molecular formula is C12H11NO2. The smallest absolute Gasteiger partial charge is 0.161 e. The van der Waals surface area contributed by atoms with Gasteiger partial charge in [-0.15, -0.1) is 0 Å². The molecule has 1 saturated carbocycles. The molecule has 3 heteroatoms. The molecule has 1 heterocycles. The Bertz CT molecular complexity index is 443. The van der Waals surface area contributed by atoms with Gasteiger partial charge in [-0.25, -0.2) is 0 Å². The maximum Gasteiger partial charge on any atom is 0.161 e. The minimum atomic E-state index is -0.240. The van der Waals surface area contributed by atoms with Gasteiger partial charge >= 0.3 is 0 Å². The van der Waals surface area contributed by atoms with Crippen LogP contribution in [0.4, 0.5) is 0 Å². The van der Waals surface area contributed by atoms with Gasteiger partial charge in [-0.1, -0.05) is 6.07 Å². The van der Waals surface area contributed by atoms with Crippen LogP contribution in [0.1, 0.15) is 18.4 Å². The van der Waals surface area contributed by atoms with Gasteiger partial charge in [0.25, 0.3) is 0 Å². The molecule has 1 aliphatic heterocycles. The quantitative estimate of drug-likeness (QED) is 0.698. The van der Waals surface area contributed by atoms with Crippen LogP contribution in [0.15, 0.2) is 18.2 Å². The van der Waals surface area contributed by atoms with E-state index in [0.29, 0.717) is 13.2 Å². The standard InChI is InChI=1S/C12H11NO2/c13-8-12(3-4-12)9-1-2-10-11(7-9)15-6-5-14-10/h1-2,7H,3-6H2. The van der Waals surface area contributed by atoms with Gasteiger partial charge < -0.3 is 9.47 Å². The number of benzene rings is 1. The molecule has 76 valence electrons. The summed E-state index contributed by atoms with van der Waals surface area (Å²) in [5.41, 5.74) is 0.824. The Balaban J connectivity index is 2.02. The first-order chi connectivity index (χ1) is 7.34. The average molecular weight is 201 g/mol. The van der Waals surface area contributed by atoms with Gasteiger partial charge in [0, 0.05) is 0 Å². The zero-order chi connectivity index (χ0) is 10.3. The Labute approximate surface area is 88.2 Å². The average Bonchev–Trinajstić information content (AvgIpc) is 3.09. The first kappa shape index (κ1) is 8.60. The Morgan fingerprint density at radius 3 is 2.53 bits per heavy atom. The molecule has 3 rings (SSSR count). The van der Waals surface area contributed by atoms with Crippen molar-refractivity contribution in [2.75, 3.05) is 13.2 Å². The second-order valence-corrected chi connectivity index (χ2v) is 4.05. The molecule has 0 N–H and O–H groups in total. The van der Waals surface area contributed by atoms with Gasteiger partial charge in [0.15, 0.2) is 11.5 Å². The lowest BCUT2D eigenvalue weighted by Gasteiger charge is -2.19. The molecular weight excluding hydrogens is 190 g/mol. The number of ether oxygens (including phenoxy) is 2. The maximum absolute atomic E-state index is 9.09. The van der Waals surface area contributed by atoms with Crippen molar-refractivity contribution in [2.24, 2.45) is 0 Å². The third-order valence-electron chi connectivity index (χ3n) is 3.06. The monoisotopic (exact) mass is 201 g/mol. The minimum absolute atomic E-state index is 0.240. The van der Waals surface area contributed by atoms with Gasteiger partial charge in [-0.3, -0.25) is 0 Å². The van der Waals surface area contributed by atoms with E-state index in [9.17, 15) is 0 Å². The van der Waals surface area contributed by atoms with Crippen molar-refractivity contribution < 1.29 is 9.47 Å². The van der Waals surface area contributed by atoms with E-state index < -0.39 is 0 Å². The van der Waals surface area contributed by atoms with Crippen LogP contribution in [-0.2, 0) is 5.41 Å². The largest absolute Gasteiger partial charge is 0.486 e. The number of nitrogens with zero attached hydrogens (tertiary/aromatic N) is 1. The van der Waals surface area contributed by atoms with Crippen LogP contribution in [-0.4, -0.2) is 13.2 Å². The van der Waals surface area contributed by atoms with Crippen LogP contribution >= 0.6 is 0 Å². The SMILES string of the molecule is N#CC1(c2ccc3c(c2)OCCO3)CC1. The molecule has 0 aromatic heterocycles. The second kappa shape index (κ2) is 2.90. The lowest BCUT2D eigenvalue weighted by molar-refractivity contribution is 0.171. The summed E-state index contributed by atoms with van der Waals surface area (Å²) >= 11 is 0. The van der Waals surface area contributed by atoms with Crippen LogP contribution in [0.5, 0.6) is 11.5 Å². The third-order valence-corrected chi connectivity index (χ3v) is 3.06. The summed E-state index contributed by atoms with van der Waals surface area (Å²) in [6.07, 6.45) is 1.92. The molecule has 2 aliphatic rings. The number of hydrogen-bond acceptors (Lipinski definition) is 3. The van der Waals surface area contributed by atoms with Crippen molar-refractivity contribution in [3.8, 4) is 17.6 Å². The second-order valence-electron chi connectivity index (χ2n) is 4.05. The minimum Gasteiger partial charge on any atom is -0.486 e. The highest BCUT2D eigenvalue weighted by atomic mass is 16.6. The first-order valence-corrected chi connectivity index (χ1v) is 5.15. The number of fused-ring (bicyclic) bond motifs is 1. The molecule has 0 amide bonds. The van der Waals surface area contributed by atoms with E-state index in [-0.39, 0.29) is 5.41 Å². The number of rotatable bonds is 1. The van der Waals surface area contributed by atoms with E-state index in [0.717, 1.165) is 29.9 Å². The summed E-state index contributed by atoms with van der Waals surface area (Å²) in [6.45, 7) is 1.20. The van der Waals surface area contributed by atoms with Gasteiger partial charge in [0.2, 0.25) is 0 Å². The van der Waals surface area contributed by atoms with Crippen molar-refractivity contribution in [3.05, 3.63) is 23.8 Å². The Morgan fingerprint density at radius 1 is 1.13 bits per heavy atom. The lowest BCUT2D eigenvalue weighted by atomic mass is 9.97. The van der Waals surface area contributed by atoms with Gasteiger partial charge in [0.05, 0.1) is 11.5 Å². The Morgan fingerprint density at radius 2 is 1.87 bits per heavy atom. The van der Waals surface area contributed by atoms with Gasteiger partial charge in [-0.05, 0) is 30.5 Å². The van der Waals surface area contributed by atoms with Crippen molar-refractivity contribution in [2.45, 2.75) is 18.3 Å². The van der Waals surface area contributed by atoms with E-state index in [1.807, 2.05) is 18.2 Å². The molecule has 0 unspecified atom stereocenters. The molecule has 1 aliphatic carbocycles. The fourth-order valence-electron chi connectivity index (χ4n) is 1.93. The van der Waals surface area contributed by atoms with Crippen LogP contribution in [0.2, 0.25) is 0 Å². The van der Waals surface area contributed by atoms with E-state index >= 15 is 0 Å². The fraction of sp³-hybridized carbons (Fsp3) is 0.417. The highest BCUT2D eigenvalue weighted by Gasteiger charge is 2.45. The summed E-state index contributed by atoms with van der Waals surface area (Å²) < 4.78 is 10.9. The lowest BCUT2D eigenvalue weighted by Crippen LogP contribution is -2.16. The molecule has 0 atom stereocenters. The van der Waals surface area contributed by atoms with Crippen LogP contribution in [0.25, 0.3) is 0 Å². The molecule has 0 spiro atoms. The molecule has 15 heavy (non-hydrogen) atoms. The Kier molecular flexibility index (Phi) is 1.66. The number of nitriles is 1. The molecule has 0 bridgehead atoms. The van der Waals surface area contributed by atoms with Gasteiger partial charge in [-0.2, -0.15) is 5.26 Å². The van der Waals surface area contributed by atoms with Crippen molar-refractivity contribution in [3.63, 3.8) is 0 Å². The molecule has 1 aromatic rings. The molecule has 1 aromatic carbocycles. The van der Waals surface area contributed by atoms with Crippen LogP contribution in [0, 0.1) is 11.3 Å². The highest BCUT2D eigenvalue weighted by molar-refractivity contribution is 5.49. The van der Waals surface area contributed by atoms with E-state index in [1.54, 1.807) is 0 Å². The third kappa shape index (κ3) is 1.25. The summed E-state index contributed by atoms with van der Waals surface area (Å²) in [6, 6.07) is 8.21. The summed E-state index contributed by atoms with van der Waals surface area (Å²) in [4.78, 5) is 0. The van der Waals surface area contributed by atoms with Crippen LogP contribution < -0.4 is 9.47 Å². The zero-order valence-corrected chi connectivity index (χ0v) is 8.32. The van der Waals surface area contributed by atoms with E-state index in [4.69, 9.17) is 14.7 Å². The zero-order valence-electron chi connectivity index (χ0n) is 8.32. The van der Waals surface area contributed by atoms with Crippen molar-refractivity contribution in [1.82, 2.24) is 0 Å². The summed E-state index contributed by atoms with van der Waals surface area (Å²) in [5, 5.41) is 9.09. The van der Waals surface area contributed by atoms with Gasteiger partial charge in [0.1, 0.15) is 13.2 Å². The Hall–Kier alpha value is -1.69. The van der Waals surface area contributed by atoms with Crippen LogP contribution in [0.3, 0.4) is 0 Å². The first-order valence-electron chi connectivity index (χ1n) is 5.15. The maximum atomic E-state index is 9.09. The predicted octanol–water partition coefficient (Wildman–Crippen LogP) is 2.01. The number of hydrogen-bond donors (Lipinski definition) is 0. The normalized spacial score (nSPS) is 20.5. The summed E-state index contributed by atoms with van der Waals surface area (Å²) in [5.74, 6) is 1.57. The molecule has 3 nitrogen and oxygen atoms in total. The van der Waals surface area contributed by atoms with E-state index in [1.165, 1.54) is 0 Å². The topological polar surface area (TPSA) is 42.2 Å². The summed E-state index contributed by atoms with van der Waals surface area (Å²) in [7, 11) is 0. The predicted molar refractivity (Wildman–Crippen MR) is 54.0 cm³/mol. The molecule has 1 fully saturated rings. The van der Waals surface area contributed by atoms with Crippen molar-refractivity contribution >= 4 is 0 Å². The molecule has 0 radical (unpaired) electrons. The van der Waals surface area contributed by atoms with E-state index in [2.05, 4.69) is 6.07 Å². The van der Waals surface area contributed by atoms with Crippen molar-refractivity contribution in [1.29, 1.82) is 5.26 Å². The molecule has 0 saturated heterocycles. The highest BCUT2D eigenvalue weighted by Crippen LogP contribution is 2.49.